The van der Waals surface area contributed by atoms with Crippen molar-refractivity contribution in [3.63, 3.8) is 0 Å². The van der Waals surface area contributed by atoms with Crippen molar-refractivity contribution in [1.29, 1.82) is 0 Å². The van der Waals surface area contributed by atoms with Gasteiger partial charge in [-0.2, -0.15) is 4.98 Å². The zero-order valence-electron chi connectivity index (χ0n) is 14.6. The Labute approximate surface area is 150 Å². The summed E-state index contributed by atoms with van der Waals surface area (Å²) in [5, 5.41) is 13.2. The molecule has 0 saturated carbocycles. The first-order valence-electron chi connectivity index (χ1n) is 8.58. The zero-order valence-corrected chi connectivity index (χ0v) is 14.6. The molecule has 3 rings (SSSR count). The number of rotatable bonds is 6. The third-order valence-corrected chi connectivity index (χ3v) is 4.48. The van der Waals surface area contributed by atoms with Crippen LogP contribution in [0.15, 0.2) is 28.8 Å². The Morgan fingerprint density at radius 3 is 2.77 bits per heavy atom. The number of aliphatic carboxylic acids is 1. The molecule has 1 fully saturated rings. The van der Waals surface area contributed by atoms with Crippen molar-refractivity contribution in [2.24, 2.45) is 0 Å². The molecule has 0 unspecified atom stereocenters. The van der Waals surface area contributed by atoms with E-state index in [1.165, 1.54) is 4.90 Å². The standard InChI is InChI=1S/C18H21N3O5/c1-25-13-7-5-12(6-8-13)17-19-15(26-20-17)9-10-16(22)21-11-3-2-4-14(21)18(23)24/h5-8,14H,2-4,9-11H2,1H3,(H,23,24)/t14-/m0/s1. The number of piperidine rings is 1. The molecule has 1 aromatic carbocycles. The molecule has 1 aliphatic heterocycles. The van der Waals surface area contributed by atoms with Crippen molar-refractivity contribution >= 4 is 11.9 Å². The van der Waals surface area contributed by atoms with E-state index in [4.69, 9.17) is 9.26 Å². The molecule has 2 aromatic rings. The van der Waals surface area contributed by atoms with Crippen molar-refractivity contribution in [1.82, 2.24) is 15.0 Å². The maximum Gasteiger partial charge on any atom is 0.326 e. The predicted octanol–water partition coefficient (Wildman–Crippen LogP) is 2.14. The third-order valence-electron chi connectivity index (χ3n) is 4.48. The number of hydrogen-bond acceptors (Lipinski definition) is 6. The molecule has 2 heterocycles. The highest BCUT2D eigenvalue weighted by Crippen LogP contribution is 2.21. The van der Waals surface area contributed by atoms with Gasteiger partial charge in [0.05, 0.1) is 7.11 Å². The van der Waals surface area contributed by atoms with Crippen LogP contribution in [0.5, 0.6) is 5.75 Å². The van der Waals surface area contributed by atoms with Gasteiger partial charge in [0.25, 0.3) is 0 Å². The summed E-state index contributed by atoms with van der Waals surface area (Å²) in [5.41, 5.74) is 0.786. The van der Waals surface area contributed by atoms with Crippen LogP contribution in [-0.4, -0.2) is 51.7 Å². The second-order valence-electron chi connectivity index (χ2n) is 6.18. The minimum absolute atomic E-state index is 0.147. The van der Waals surface area contributed by atoms with E-state index in [0.29, 0.717) is 24.7 Å². The van der Waals surface area contributed by atoms with Gasteiger partial charge >= 0.3 is 5.97 Å². The molecule has 1 saturated heterocycles. The molecule has 138 valence electrons. The summed E-state index contributed by atoms with van der Waals surface area (Å²) in [7, 11) is 1.59. The Bertz CT molecular complexity index is 771. The molecule has 0 spiro atoms. The van der Waals surface area contributed by atoms with E-state index >= 15 is 0 Å². The molecule has 26 heavy (non-hydrogen) atoms. The van der Waals surface area contributed by atoms with Gasteiger partial charge in [0.1, 0.15) is 11.8 Å². The summed E-state index contributed by atoms with van der Waals surface area (Å²) < 4.78 is 10.3. The summed E-state index contributed by atoms with van der Waals surface area (Å²) in [4.78, 5) is 29.5. The molecule has 1 N–H and O–H groups in total. The van der Waals surface area contributed by atoms with Gasteiger partial charge in [-0.05, 0) is 43.5 Å². The second-order valence-corrected chi connectivity index (χ2v) is 6.18. The fourth-order valence-electron chi connectivity index (χ4n) is 3.06. The second kappa shape index (κ2) is 7.99. The Morgan fingerprint density at radius 1 is 1.31 bits per heavy atom. The minimum Gasteiger partial charge on any atom is -0.497 e. The summed E-state index contributed by atoms with van der Waals surface area (Å²) in [6.07, 6.45) is 2.59. The SMILES string of the molecule is COc1ccc(-c2noc(CCC(=O)N3CCCC[C@H]3C(=O)O)n2)cc1. The van der Waals surface area contributed by atoms with Crippen molar-refractivity contribution in [3.05, 3.63) is 30.2 Å². The van der Waals surface area contributed by atoms with Crippen LogP contribution in [0.1, 0.15) is 31.6 Å². The number of likely N-dealkylation sites (tertiary alicyclic amines) is 1. The predicted molar refractivity (Wildman–Crippen MR) is 91.6 cm³/mol. The van der Waals surface area contributed by atoms with Crippen molar-refractivity contribution in [2.75, 3.05) is 13.7 Å². The molecule has 8 nitrogen and oxygen atoms in total. The van der Waals surface area contributed by atoms with E-state index in [1.54, 1.807) is 19.2 Å². The molecule has 1 atom stereocenters. The van der Waals surface area contributed by atoms with Gasteiger partial charge in [0.15, 0.2) is 0 Å². The maximum absolute atomic E-state index is 12.4. The van der Waals surface area contributed by atoms with Gasteiger partial charge < -0.3 is 19.3 Å². The van der Waals surface area contributed by atoms with Crippen molar-refractivity contribution in [2.45, 2.75) is 38.1 Å². The Hall–Kier alpha value is -2.90. The first-order chi connectivity index (χ1) is 12.6. The Balaban J connectivity index is 1.60. The van der Waals surface area contributed by atoms with Crippen LogP contribution in [-0.2, 0) is 16.0 Å². The number of carboxylic acids is 1. The zero-order chi connectivity index (χ0) is 18.5. The summed E-state index contributed by atoms with van der Waals surface area (Å²) >= 11 is 0. The number of ether oxygens (including phenoxy) is 1. The molecule has 8 heteroatoms. The van der Waals surface area contributed by atoms with Gasteiger partial charge in [-0.3, -0.25) is 4.79 Å². The number of carboxylic acid groups (broad SMARTS) is 1. The van der Waals surface area contributed by atoms with E-state index in [9.17, 15) is 14.7 Å². The van der Waals surface area contributed by atoms with Gasteiger partial charge in [0.2, 0.25) is 17.6 Å². The number of carbonyl (C=O) groups is 2. The van der Waals surface area contributed by atoms with Crippen LogP contribution < -0.4 is 4.74 Å². The average Bonchev–Trinajstić information content (AvgIpc) is 3.15. The van der Waals surface area contributed by atoms with Crippen molar-refractivity contribution < 1.29 is 24.0 Å². The largest absolute Gasteiger partial charge is 0.497 e. The third kappa shape index (κ3) is 4.01. The highest BCUT2D eigenvalue weighted by atomic mass is 16.5. The average molecular weight is 359 g/mol. The van der Waals surface area contributed by atoms with E-state index in [1.807, 2.05) is 12.1 Å². The van der Waals surface area contributed by atoms with Gasteiger partial charge in [-0.15, -0.1) is 0 Å². The monoisotopic (exact) mass is 359 g/mol. The molecular weight excluding hydrogens is 338 g/mol. The van der Waals surface area contributed by atoms with E-state index in [0.717, 1.165) is 24.2 Å². The van der Waals surface area contributed by atoms with Crippen LogP contribution in [0.25, 0.3) is 11.4 Å². The number of aromatic nitrogens is 2. The lowest BCUT2D eigenvalue weighted by molar-refractivity contribution is -0.152. The maximum atomic E-state index is 12.4. The number of amides is 1. The fourth-order valence-corrected chi connectivity index (χ4v) is 3.06. The molecule has 0 radical (unpaired) electrons. The van der Waals surface area contributed by atoms with Gasteiger partial charge in [-0.1, -0.05) is 5.16 Å². The summed E-state index contributed by atoms with van der Waals surface area (Å²) in [5.74, 6) is 0.390. The van der Waals surface area contributed by atoms with Crippen LogP contribution in [0.3, 0.4) is 0 Å². The van der Waals surface area contributed by atoms with Crippen LogP contribution in [0.4, 0.5) is 0 Å². The number of carbonyl (C=O) groups excluding carboxylic acids is 1. The first kappa shape index (κ1) is 17.9. The number of aryl methyl sites for hydroxylation is 1. The summed E-state index contributed by atoms with van der Waals surface area (Å²) in [6.45, 7) is 0.483. The van der Waals surface area contributed by atoms with E-state index in [-0.39, 0.29) is 18.7 Å². The molecule has 0 bridgehead atoms. The first-order valence-corrected chi connectivity index (χ1v) is 8.58. The molecule has 1 amide bonds. The molecule has 1 aliphatic rings. The van der Waals surface area contributed by atoms with Crippen LogP contribution >= 0.6 is 0 Å². The lowest BCUT2D eigenvalue weighted by Crippen LogP contribution is -2.48. The number of methoxy groups -OCH3 is 1. The van der Waals surface area contributed by atoms with Gasteiger partial charge in [-0.25, -0.2) is 4.79 Å². The molecule has 1 aromatic heterocycles. The van der Waals surface area contributed by atoms with Crippen LogP contribution in [0, 0.1) is 0 Å². The number of nitrogens with zero attached hydrogens (tertiary/aromatic N) is 3. The van der Waals surface area contributed by atoms with Crippen molar-refractivity contribution in [3.8, 4) is 17.1 Å². The molecular formula is C18H21N3O5. The van der Waals surface area contributed by atoms with E-state index in [2.05, 4.69) is 10.1 Å². The Morgan fingerprint density at radius 2 is 2.08 bits per heavy atom. The normalized spacial score (nSPS) is 17.1. The minimum atomic E-state index is -0.947. The van der Waals surface area contributed by atoms with Crippen LogP contribution in [0.2, 0.25) is 0 Å². The highest BCUT2D eigenvalue weighted by molar-refractivity contribution is 5.84. The molecule has 0 aliphatic carbocycles. The summed E-state index contributed by atoms with van der Waals surface area (Å²) in [6, 6.07) is 6.52. The highest BCUT2D eigenvalue weighted by Gasteiger charge is 2.31. The fraction of sp³-hybridized carbons (Fsp3) is 0.444. The van der Waals surface area contributed by atoms with Gasteiger partial charge in [0, 0.05) is 24.9 Å². The lowest BCUT2D eigenvalue weighted by atomic mass is 10.0. The van der Waals surface area contributed by atoms with E-state index < -0.39 is 12.0 Å². The number of hydrogen-bond donors (Lipinski definition) is 1. The number of benzene rings is 1. The smallest absolute Gasteiger partial charge is 0.326 e. The quantitative estimate of drug-likeness (QED) is 0.842. The lowest BCUT2D eigenvalue weighted by Gasteiger charge is -2.32. The topological polar surface area (TPSA) is 106 Å². The Kier molecular flexibility index (Phi) is 5.50.